The molecule has 2 aromatic carbocycles. The molecule has 1 fully saturated rings. The van der Waals surface area contributed by atoms with Gasteiger partial charge in [-0.3, -0.25) is 19.7 Å². The highest BCUT2D eigenvalue weighted by Crippen LogP contribution is 2.36. The summed E-state index contributed by atoms with van der Waals surface area (Å²) < 4.78 is 5.19. The van der Waals surface area contributed by atoms with E-state index in [9.17, 15) is 19.7 Å². The second kappa shape index (κ2) is 7.63. The van der Waals surface area contributed by atoms with Crippen molar-refractivity contribution in [3.05, 3.63) is 57.6 Å². The van der Waals surface area contributed by atoms with Gasteiger partial charge in [0.05, 0.1) is 29.7 Å². The summed E-state index contributed by atoms with van der Waals surface area (Å²) in [4.78, 5) is 36.7. The lowest BCUT2D eigenvalue weighted by molar-refractivity contribution is -0.384. The van der Waals surface area contributed by atoms with E-state index >= 15 is 0 Å². The maximum atomic E-state index is 12.5. The van der Waals surface area contributed by atoms with Crippen molar-refractivity contribution in [1.82, 2.24) is 0 Å². The van der Waals surface area contributed by atoms with Crippen LogP contribution in [0.2, 0.25) is 5.02 Å². The van der Waals surface area contributed by atoms with Crippen LogP contribution in [-0.2, 0) is 9.59 Å². The molecule has 0 bridgehead atoms. The number of ether oxygens (including phenoxy) is 1. The monoisotopic (exact) mass is 389 g/mol. The first-order chi connectivity index (χ1) is 12.9. The third kappa shape index (κ3) is 4.01. The number of nitrogens with one attached hydrogen (secondary N) is 1. The molecule has 0 spiro atoms. The predicted molar refractivity (Wildman–Crippen MR) is 100 cm³/mol. The number of anilines is 2. The molecule has 27 heavy (non-hydrogen) atoms. The van der Waals surface area contributed by atoms with Crippen molar-refractivity contribution in [3.8, 4) is 5.75 Å². The smallest absolute Gasteiger partial charge is 0.273 e. The fourth-order valence-corrected chi connectivity index (χ4v) is 3.02. The Kier molecular flexibility index (Phi) is 5.27. The van der Waals surface area contributed by atoms with E-state index in [1.54, 1.807) is 24.3 Å². The number of hydrogen-bond acceptors (Lipinski definition) is 5. The Morgan fingerprint density at radius 1 is 1.30 bits per heavy atom. The van der Waals surface area contributed by atoms with Crippen LogP contribution in [0.25, 0.3) is 0 Å². The van der Waals surface area contributed by atoms with Gasteiger partial charge in [0.25, 0.3) is 5.69 Å². The minimum atomic E-state index is -0.548. The molecule has 2 amide bonds. The van der Waals surface area contributed by atoms with Crippen LogP contribution in [0.4, 0.5) is 17.1 Å². The summed E-state index contributed by atoms with van der Waals surface area (Å²) in [5, 5.41) is 14.2. The largest absolute Gasteiger partial charge is 0.494 e. The Balaban J connectivity index is 1.76. The number of benzene rings is 2. The number of amides is 2. The fourth-order valence-electron chi connectivity index (χ4n) is 2.90. The number of rotatable bonds is 5. The molecule has 3 rings (SSSR count). The molecule has 0 unspecified atom stereocenters. The Bertz CT molecular complexity index is 900. The first-order valence-electron chi connectivity index (χ1n) is 8.08. The molecule has 0 aromatic heterocycles. The molecule has 0 aliphatic carbocycles. The van der Waals surface area contributed by atoms with E-state index < -0.39 is 10.8 Å². The molecular weight excluding hydrogens is 374 g/mol. The van der Waals surface area contributed by atoms with Crippen molar-refractivity contribution in [3.63, 3.8) is 0 Å². The zero-order valence-electron chi connectivity index (χ0n) is 14.3. The molecule has 1 N–H and O–H groups in total. The molecule has 1 heterocycles. The Hall–Kier alpha value is -3.13. The second-order valence-corrected chi connectivity index (χ2v) is 6.45. The van der Waals surface area contributed by atoms with Crippen LogP contribution in [0.15, 0.2) is 42.5 Å². The summed E-state index contributed by atoms with van der Waals surface area (Å²) >= 11 is 5.82. The highest BCUT2D eigenvalue weighted by Gasteiger charge is 2.36. The molecule has 1 saturated heterocycles. The maximum Gasteiger partial charge on any atom is 0.273 e. The number of carbonyl (C=O) groups excluding carboxylic acids is 2. The van der Waals surface area contributed by atoms with Crippen LogP contribution in [0.5, 0.6) is 5.75 Å². The summed E-state index contributed by atoms with van der Waals surface area (Å²) in [5.41, 5.74) is 0.845. The van der Waals surface area contributed by atoms with Gasteiger partial charge in [0.1, 0.15) is 5.75 Å². The topological polar surface area (TPSA) is 102 Å². The number of methoxy groups -OCH3 is 1. The fraction of sp³-hybridized carbons (Fsp3) is 0.222. The van der Waals surface area contributed by atoms with Gasteiger partial charge in [0.2, 0.25) is 11.8 Å². The Morgan fingerprint density at radius 3 is 2.63 bits per heavy atom. The van der Waals surface area contributed by atoms with Crippen LogP contribution in [0.1, 0.15) is 6.42 Å². The number of nitrogens with zero attached hydrogens (tertiary/aromatic N) is 2. The van der Waals surface area contributed by atoms with Gasteiger partial charge in [-0.25, -0.2) is 0 Å². The van der Waals surface area contributed by atoms with E-state index in [0.717, 1.165) is 0 Å². The van der Waals surface area contributed by atoms with E-state index in [4.69, 9.17) is 16.3 Å². The summed E-state index contributed by atoms with van der Waals surface area (Å²) in [6.45, 7) is 0.159. The van der Waals surface area contributed by atoms with Crippen LogP contribution < -0.4 is 15.0 Å². The summed E-state index contributed by atoms with van der Waals surface area (Å²) in [7, 11) is 1.37. The first-order valence-corrected chi connectivity index (χ1v) is 8.46. The number of non-ortho nitro benzene ring substituents is 1. The van der Waals surface area contributed by atoms with E-state index in [0.29, 0.717) is 16.4 Å². The molecule has 1 atom stereocenters. The van der Waals surface area contributed by atoms with Gasteiger partial charge in [0.15, 0.2) is 0 Å². The van der Waals surface area contributed by atoms with Crippen LogP contribution in [0, 0.1) is 16.0 Å². The van der Waals surface area contributed by atoms with Crippen LogP contribution in [0.3, 0.4) is 0 Å². The molecule has 2 aromatic rings. The maximum absolute atomic E-state index is 12.5. The zero-order chi connectivity index (χ0) is 19.6. The Labute approximate surface area is 159 Å². The zero-order valence-corrected chi connectivity index (χ0v) is 15.1. The minimum absolute atomic E-state index is 0.0412. The van der Waals surface area contributed by atoms with Gasteiger partial charge in [-0.15, -0.1) is 0 Å². The van der Waals surface area contributed by atoms with Gasteiger partial charge in [-0.05, 0) is 30.3 Å². The highest BCUT2D eigenvalue weighted by molar-refractivity contribution is 6.30. The van der Waals surface area contributed by atoms with Gasteiger partial charge in [-0.1, -0.05) is 11.6 Å². The minimum Gasteiger partial charge on any atom is -0.494 e. The van der Waals surface area contributed by atoms with E-state index in [2.05, 4.69) is 5.32 Å². The molecule has 1 aliphatic heterocycles. The van der Waals surface area contributed by atoms with Crippen molar-refractivity contribution >= 4 is 40.5 Å². The number of halogens is 1. The Morgan fingerprint density at radius 2 is 2.00 bits per heavy atom. The molecule has 0 radical (unpaired) electrons. The molecule has 1 aliphatic rings. The van der Waals surface area contributed by atoms with E-state index in [1.165, 1.54) is 30.2 Å². The van der Waals surface area contributed by atoms with E-state index in [-0.39, 0.29) is 36.2 Å². The van der Waals surface area contributed by atoms with Crippen molar-refractivity contribution in [2.45, 2.75) is 6.42 Å². The average Bonchev–Trinajstić information content (AvgIpc) is 3.04. The normalized spacial score (nSPS) is 16.3. The number of hydrogen-bond donors (Lipinski definition) is 1. The number of carbonyl (C=O) groups is 2. The van der Waals surface area contributed by atoms with Crippen LogP contribution in [-0.4, -0.2) is 30.4 Å². The predicted octanol–water partition coefficient (Wildman–Crippen LogP) is 3.25. The van der Waals surface area contributed by atoms with Gasteiger partial charge in [0, 0.05) is 29.7 Å². The average molecular weight is 390 g/mol. The molecule has 0 saturated carbocycles. The highest BCUT2D eigenvalue weighted by atomic mass is 35.5. The standard InChI is InChI=1S/C18H16ClN3O5/c1-27-16-9-14(22(25)26)6-7-15(16)21-10-11(8-17(21)23)18(24)20-13-4-2-12(19)3-5-13/h2-7,9,11H,8,10H2,1H3,(H,20,24)/t11-/m0/s1. The molecule has 9 heteroatoms. The summed E-state index contributed by atoms with van der Waals surface area (Å²) in [6.07, 6.45) is 0.0412. The van der Waals surface area contributed by atoms with Crippen molar-refractivity contribution < 1.29 is 19.2 Å². The quantitative estimate of drug-likeness (QED) is 0.624. The summed E-state index contributed by atoms with van der Waals surface area (Å²) in [5.74, 6) is -0.878. The third-order valence-electron chi connectivity index (χ3n) is 4.27. The lowest BCUT2D eigenvalue weighted by atomic mass is 10.1. The van der Waals surface area contributed by atoms with Gasteiger partial charge >= 0.3 is 0 Å². The molecule has 8 nitrogen and oxygen atoms in total. The van der Waals surface area contributed by atoms with E-state index in [1.807, 2.05) is 0 Å². The lowest BCUT2D eigenvalue weighted by Gasteiger charge is -2.19. The molecular formula is C18H16ClN3O5. The third-order valence-corrected chi connectivity index (χ3v) is 4.52. The van der Waals surface area contributed by atoms with Gasteiger partial charge in [-0.2, -0.15) is 0 Å². The summed E-state index contributed by atoms with van der Waals surface area (Å²) in [6, 6.07) is 10.7. The van der Waals surface area contributed by atoms with Gasteiger partial charge < -0.3 is 15.0 Å². The first kappa shape index (κ1) is 18.7. The van der Waals surface area contributed by atoms with Crippen molar-refractivity contribution in [1.29, 1.82) is 0 Å². The SMILES string of the molecule is COc1cc([N+](=O)[O-])ccc1N1C[C@@H](C(=O)Nc2ccc(Cl)cc2)CC1=O. The molecule has 140 valence electrons. The van der Waals surface area contributed by atoms with Crippen molar-refractivity contribution in [2.24, 2.45) is 5.92 Å². The number of nitro benzene ring substituents is 1. The van der Waals surface area contributed by atoms with Crippen molar-refractivity contribution in [2.75, 3.05) is 23.9 Å². The second-order valence-electron chi connectivity index (χ2n) is 6.01. The lowest BCUT2D eigenvalue weighted by Crippen LogP contribution is -2.28. The van der Waals surface area contributed by atoms with Crippen LogP contribution >= 0.6 is 11.6 Å². The number of nitro groups is 1.